The zero-order valence-electron chi connectivity index (χ0n) is 15.7. The number of anilines is 2. The number of nitrogens with one attached hydrogen (secondary N) is 2. The van der Waals surface area contributed by atoms with E-state index in [1.54, 1.807) is 36.9 Å². The number of hydrogen-bond donors (Lipinski definition) is 3. The van der Waals surface area contributed by atoms with E-state index in [0.717, 1.165) is 5.56 Å². The monoisotopic (exact) mass is 388 g/mol. The summed E-state index contributed by atoms with van der Waals surface area (Å²) in [7, 11) is 3.18. The highest BCUT2D eigenvalue weighted by molar-refractivity contribution is 6.10. The summed E-state index contributed by atoms with van der Waals surface area (Å²) in [6.07, 6.45) is 3.10. The van der Waals surface area contributed by atoms with Crippen LogP contribution >= 0.6 is 0 Å². The number of hydrogen-bond acceptors (Lipinski definition) is 6. The molecule has 0 radical (unpaired) electrons. The zero-order chi connectivity index (χ0) is 20.3. The van der Waals surface area contributed by atoms with Crippen LogP contribution in [0.3, 0.4) is 0 Å². The lowest BCUT2D eigenvalue weighted by Crippen LogP contribution is -2.27. The molecule has 0 aliphatic heterocycles. The number of fused-ring (bicyclic) bond motifs is 1. The lowest BCUT2D eigenvalue weighted by Gasteiger charge is -2.11. The molecule has 0 unspecified atom stereocenters. The van der Waals surface area contributed by atoms with Gasteiger partial charge >= 0.3 is 0 Å². The Morgan fingerprint density at radius 2 is 2.14 bits per heavy atom. The molecular weight excluding hydrogens is 367 g/mol. The lowest BCUT2D eigenvalue weighted by atomic mass is 10.2. The third-order valence-corrected chi connectivity index (χ3v) is 4.24. The normalized spacial score (nSPS) is 10.9. The van der Waals surface area contributed by atoms with Crippen LogP contribution in [0.4, 0.5) is 15.8 Å². The number of rotatable bonds is 7. The molecule has 3 N–H and O–H groups in total. The SMILES string of the molecule is COc1cncc2c(Nc3ccc(C)cc3F)c(C(=O)NOCCO)n(C)c12. The van der Waals surface area contributed by atoms with Gasteiger partial charge in [0, 0.05) is 18.6 Å². The Balaban J connectivity index is 2.15. The molecule has 0 aliphatic rings. The van der Waals surface area contributed by atoms with Crippen molar-refractivity contribution in [3.05, 3.63) is 47.7 Å². The first kappa shape index (κ1) is 19.6. The number of nitrogens with zero attached hydrogens (tertiary/aromatic N) is 2. The standard InChI is InChI=1S/C19H21FN4O4/c1-11-4-5-14(13(20)8-11)22-16-12-9-21-10-15(27-3)17(12)24(2)18(16)19(26)23-28-7-6-25/h4-5,8-10,22,25H,6-7H2,1-3H3,(H,23,26). The molecule has 0 fully saturated rings. The van der Waals surface area contributed by atoms with Crippen LogP contribution in [-0.2, 0) is 11.9 Å². The number of aromatic nitrogens is 2. The highest BCUT2D eigenvalue weighted by Gasteiger charge is 2.24. The van der Waals surface area contributed by atoms with E-state index in [1.165, 1.54) is 19.4 Å². The van der Waals surface area contributed by atoms with Crippen molar-refractivity contribution in [1.82, 2.24) is 15.0 Å². The summed E-state index contributed by atoms with van der Waals surface area (Å²) in [6.45, 7) is 1.49. The predicted molar refractivity (Wildman–Crippen MR) is 102 cm³/mol. The number of benzene rings is 1. The van der Waals surface area contributed by atoms with Crippen LogP contribution in [0.5, 0.6) is 5.75 Å². The van der Waals surface area contributed by atoms with Crippen molar-refractivity contribution in [1.29, 1.82) is 0 Å². The van der Waals surface area contributed by atoms with Crippen molar-refractivity contribution in [2.75, 3.05) is 25.6 Å². The van der Waals surface area contributed by atoms with Gasteiger partial charge in [-0.3, -0.25) is 14.6 Å². The van der Waals surface area contributed by atoms with Crippen LogP contribution < -0.4 is 15.5 Å². The van der Waals surface area contributed by atoms with Crippen molar-refractivity contribution in [3.63, 3.8) is 0 Å². The predicted octanol–water partition coefficient (Wildman–Crippen LogP) is 2.43. The van der Waals surface area contributed by atoms with Crippen molar-refractivity contribution in [2.45, 2.75) is 6.92 Å². The lowest BCUT2D eigenvalue weighted by molar-refractivity contribution is 0.0163. The average molecular weight is 388 g/mol. The fourth-order valence-corrected chi connectivity index (χ4v) is 2.98. The highest BCUT2D eigenvalue weighted by atomic mass is 19.1. The summed E-state index contributed by atoms with van der Waals surface area (Å²) >= 11 is 0. The van der Waals surface area contributed by atoms with Crippen molar-refractivity contribution in [3.8, 4) is 5.75 Å². The molecule has 9 heteroatoms. The summed E-state index contributed by atoms with van der Waals surface area (Å²) in [5, 5.41) is 12.4. The highest BCUT2D eigenvalue weighted by Crippen LogP contribution is 2.37. The number of halogens is 1. The van der Waals surface area contributed by atoms with E-state index in [-0.39, 0.29) is 24.6 Å². The Hall–Kier alpha value is -3.17. The van der Waals surface area contributed by atoms with Crippen LogP contribution in [0, 0.1) is 12.7 Å². The molecule has 148 valence electrons. The number of carbonyl (C=O) groups excluding carboxylic acids is 1. The number of ether oxygens (including phenoxy) is 1. The van der Waals surface area contributed by atoms with Gasteiger partial charge in [-0.05, 0) is 24.6 Å². The Bertz CT molecular complexity index is 1020. The molecule has 0 saturated carbocycles. The van der Waals surface area contributed by atoms with Gasteiger partial charge in [0.05, 0.1) is 43.4 Å². The second-order valence-corrected chi connectivity index (χ2v) is 6.13. The third-order valence-electron chi connectivity index (χ3n) is 4.24. The molecule has 1 aromatic carbocycles. The third kappa shape index (κ3) is 3.62. The molecule has 0 bridgehead atoms. The van der Waals surface area contributed by atoms with Crippen molar-refractivity contribution >= 4 is 28.2 Å². The molecule has 1 amide bonds. The molecule has 28 heavy (non-hydrogen) atoms. The van der Waals surface area contributed by atoms with Gasteiger partial charge in [-0.1, -0.05) is 6.07 Å². The smallest absolute Gasteiger partial charge is 0.293 e. The minimum Gasteiger partial charge on any atom is -0.493 e. The Kier molecular flexibility index (Phi) is 5.76. The number of aliphatic hydroxyl groups is 1. The molecule has 0 spiro atoms. The molecule has 0 aliphatic carbocycles. The molecule has 2 aromatic heterocycles. The van der Waals surface area contributed by atoms with Gasteiger partial charge in [0.25, 0.3) is 5.91 Å². The maximum absolute atomic E-state index is 14.4. The van der Waals surface area contributed by atoms with Gasteiger partial charge in [0.1, 0.15) is 11.5 Å². The molecular formula is C19H21FN4O4. The van der Waals surface area contributed by atoms with E-state index in [0.29, 0.717) is 22.3 Å². The first-order valence-corrected chi connectivity index (χ1v) is 8.54. The molecule has 0 saturated heterocycles. The van der Waals surface area contributed by atoms with E-state index < -0.39 is 11.7 Å². The van der Waals surface area contributed by atoms with Gasteiger partial charge in [-0.25, -0.2) is 9.87 Å². The van der Waals surface area contributed by atoms with Crippen molar-refractivity contribution in [2.24, 2.45) is 7.05 Å². The first-order chi connectivity index (χ1) is 13.5. The molecule has 2 heterocycles. The minimum absolute atomic E-state index is 0.0596. The number of amides is 1. The summed E-state index contributed by atoms with van der Waals surface area (Å²) in [4.78, 5) is 21.8. The second kappa shape index (κ2) is 8.24. The van der Waals surface area contributed by atoms with Gasteiger partial charge in [0.15, 0.2) is 5.75 Å². The first-order valence-electron chi connectivity index (χ1n) is 8.54. The summed E-state index contributed by atoms with van der Waals surface area (Å²) in [6, 6.07) is 4.76. The molecule has 8 nitrogen and oxygen atoms in total. The fourth-order valence-electron chi connectivity index (χ4n) is 2.98. The number of pyridine rings is 1. The largest absolute Gasteiger partial charge is 0.493 e. The molecule has 3 rings (SSSR count). The van der Waals surface area contributed by atoms with Gasteiger partial charge in [-0.15, -0.1) is 0 Å². The van der Waals surface area contributed by atoms with Crippen molar-refractivity contribution < 1.29 is 23.9 Å². The Labute approximate surface area is 160 Å². The summed E-state index contributed by atoms with van der Waals surface area (Å²) in [5.41, 5.74) is 4.43. The number of carbonyl (C=O) groups is 1. The molecule has 3 aromatic rings. The number of aliphatic hydroxyl groups excluding tert-OH is 1. The van der Waals surface area contributed by atoms with Crippen LogP contribution in [0.15, 0.2) is 30.6 Å². The fraction of sp³-hybridized carbons (Fsp3) is 0.263. The quantitative estimate of drug-likeness (QED) is 0.425. The number of hydroxylamine groups is 1. The molecule has 0 atom stereocenters. The number of methoxy groups -OCH3 is 1. The Morgan fingerprint density at radius 3 is 2.82 bits per heavy atom. The van der Waals surface area contributed by atoms with E-state index in [2.05, 4.69) is 15.8 Å². The Morgan fingerprint density at radius 1 is 1.36 bits per heavy atom. The van der Waals surface area contributed by atoms with Crippen LogP contribution in [0.25, 0.3) is 10.9 Å². The van der Waals surface area contributed by atoms with Gasteiger partial charge in [-0.2, -0.15) is 0 Å². The van der Waals surface area contributed by atoms with Gasteiger partial charge < -0.3 is 19.7 Å². The maximum atomic E-state index is 14.4. The van der Waals surface area contributed by atoms with Crippen LogP contribution in [-0.4, -0.2) is 40.9 Å². The summed E-state index contributed by atoms with van der Waals surface area (Å²) < 4.78 is 21.4. The zero-order valence-corrected chi connectivity index (χ0v) is 15.7. The van der Waals surface area contributed by atoms with E-state index in [4.69, 9.17) is 14.7 Å². The van der Waals surface area contributed by atoms with E-state index in [9.17, 15) is 9.18 Å². The second-order valence-electron chi connectivity index (χ2n) is 6.13. The van der Waals surface area contributed by atoms with Gasteiger partial charge in [0.2, 0.25) is 0 Å². The average Bonchev–Trinajstić information content (AvgIpc) is 2.96. The maximum Gasteiger partial charge on any atom is 0.293 e. The summed E-state index contributed by atoms with van der Waals surface area (Å²) in [5.74, 6) is -0.553. The topological polar surface area (TPSA) is 97.6 Å². The number of aryl methyl sites for hydroxylation is 2. The van der Waals surface area contributed by atoms with E-state index in [1.807, 2.05) is 0 Å². The van der Waals surface area contributed by atoms with Crippen LogP contribution in [0.2, 0.25) is 0 Å². The van der Waals surface area contributed by atoms with Crippen LogP contribution in [0.1, 0.15) is 16.1 Å². The minimum atomic E-state index is -0.566. The van der Waals surface area contributed by atoms with E-state index >= 15 is 0 Å².